The zero-order chi connectivity index (χ0) is 14.7. The van der Waals surface area contributed by atoms with Crippen LogP contribution in [-0.2, 0) is 4.79 Å². The molecule has 1 fully saturated rings. The highest BCUT2D eigenvalue weighted by atomic mass is 35.5. The van der Waals surface area contributed by atoms with E-state index in [0.717, 1.165) is 6.42 Å². The van der Waals surface area contributed by atoms with Crippen LogP contribution in [0.5, 0.6) is 0 Å². The smallest absolute Gasteiger partial charge is 0.270 e. The largest absolute Gasteiger partial charge is 0.341 e. The molecule has 0 radical (unpaired) electrons. The second-order valence-corrected chi connectivity index (χ2v) is 5.51. The van der Waals surface area contributed by atoms with Crippen LogP contribution in [0.25, 0.3) is 0 Å². The summed E-state index contributed by atoms with van der Waals surface area (Å²) in [5.41, 5.74) is 0.385. The molecule has 0 saturated carbocycles. The predicted octanol–water partition coefficient (Wildman–Crippen LogP) is 2.41. The van der Waals surface area contributed by atoms with Crippen LogP contribution in [0.2, 0.25) is 10.2 Å². The maximum Gasteiger partial charge on any atom is 0.270 e. The molecule has 1 N–H and O–H groups in total. The molecule has 0 atom stereocenters. The van der Waals surface area contributed by atoms with Crippen LogP contribution < -0.4 is 0 Å². The summed E-state index contributed by atoms with van der Waals surface area (Å²) in [6, 6.07) is 1.53. The zero-order valence-electron chi connectivity index (χ0n) is 11.3. The van der Waals surface area contributed by atoms with E-state index in [1.165, 1.54) is 6.07 Å². The Labute approximate surface area is 127 Å². The number of amides is 2. The highest BCUT2D eigenvalue weighted by Gasteiger charge is 2.23. The first-order chi connectivity index (χ1) is 9.52. The first-order valence-corrected chi connectivity index (χ1v) is 7.39. The van der Waals surface area contributed by atoms with Crippen molar-refractivity contribution < 1.29 is 9.59 Å². The van der Waals surface area contributed by atoms with Crippen molar-refractivity contribution in [1.29, 1.82) is 0 Å². The van der Waals surface area contributed by atoms with Gasteiger partial charge in [-0.3, -0.25) is 9.59 Å². The maximum absolute atomic E-state index is 12.3. The third kappa shape index (κ3) is 3.27. The summed E-state index contributed by atoms with van der Waals surface area (Å²) >= 11 is 11.7. The van der Waals surface area contributed by atoms with E-state index >= 15 is 0 Å². The van der Waals surface area contributed by atoms with Crippen LogP contribution in [0.1, 0.15) is 30.3 Å². The van der Waals surface area contributed by atoms with Crippen LogP contribution >= 0.6 is 23.2 Å². The van der Waals surface area contributed by atoms with Gasteiger partial charge in [0.1, 0.15) is 10.8 Å². The van der Waals surface area contributed by atoms with Crippen molar-refractivity contribution in [2.45, 2.75) is 19.8 Å². The van der Waals surface area contributed by atoms with Crippen molar-refractivity contribution >= 4 is 35.0 Å². The molecule has 20 heavy (non-hydrogen) atoms. The summed E-state index contributed by atoms with van der Waals surface area (Å²) in [4.78, 5) is 30.3. The van der Waals surface area contributed by atoms with E-state index in [2.05, 4.69) is 4.98 Å². The van der Waals surface area contributed by atoms with Gasteiger partial charge in [0, 0.05) is 32.6 Å². The molecule has 1 saturated heterocycles. The number of carbonyl (C=O) groups excluding carboxylic acids is 2. The molecular formula is C13H17Cl2N3O2. The number of hydrogen-bond donors (Lipinski definition) is 1. The molecule has 1 aromatic rings. The summed E-state index contributed by atoms with van der Waals surface area (Å²) in [6.07, 6.45) is 1.27. The minimum Gasteiger partial charge on any atom is -0.341 e. The van der Waals surface area contributed by atoms with E-state index < -0.39 is 0 Å². The number of rotatable bonds is 2. The fourth-order valence-electron chi connectivity index (χ4n) is 2.28. The van der Waals surface area contributed by atoms with Crippen molar-refractivity contribution in [1.82, 2.24) is 14.8 Å². The van der Waals surface area contributed by atoms with Gasteiger partial charge in [0.05, 0.1) is 5.02 Å². The van der Waals surface area contributed by atoms with Crippen LogP contribution in [-0.4, -0.2) is 52.8 Å². The Kier molecular flexibility index (Phi) is 4.94. The molecule has 110 valence electrons. The van der Waals surface area contributed by atoms with Crippen molar-refractivity contribution in [3.05, 3.63) is 21.9 Å². The lowest BCUT2D eigenvalue weighted by molar-refractivity contribution is -0.130. The molecule has 5 nitrogen and oxygen atoms in total. The lowest BCUT2D eigenvalue weighted by Crippen LogP contribution is -2.37. The van der Waals surface area contributed by atoms with E-state index in [9.17, 15) is 9.59 Å². The van der Waals surface area contributed by atoms with Crippen LogP contribution in [0.3, 0.4) is 0 Å². The van der Waals surface area contributed by atoms with Crippen LogP contribution in [0.4, 0.5) is 0 Å². The van der Waals surface area contributed by atoms with Gasteiger partial charge in [0.15, 0.2) is 0 Å². The second-order valence-electron chi connectivity index (χ2n) is 4.73. The molecule has 1 aromatic heterocycles. The van der Waals surface area contributed by atoms with Crippen LogP contribution in [0, 0.1) is 0 Å². The van der Waals surface area contributed by atoms with Crippen molar-refractivity contribution in [3.63, 3.8) is 0 Å². The van der Waals surface area contributed by atoms with Crippen molar-refractivity contribution in [3.8, 4) is 0 Å². The summed E-state index contributed by atoms with van der Waals surface area (Å²) in [6.45, 7) is 4.27. The van der Waals surface area contributed by atoms with Gasteiger partial charge in [-0.1, -0.05) is 30.1 Å². The standard InChI is InChI=1S/C13H17Cl2N3O2/c1-2-11(19)17-4-3-5-18(7-6-17)13(20)10-8-9(14)12(15)16-10/h8,16H,2-7H2,1H3. The predicted molar refractivity (Wildman–Crippen MR) is 78.2 cm³/mol. The number of hydrogen-bond acceptors (Lipinski definition) is 2. The number of aromatic amines is 1. The minimum absolute atomic E-state index is 0.130. The molecule has 1 aliphatic rings. The molecule has 2 amide bonds. The number of carbonyl (C=O) groups is 2. The molecule has 0 aromatic carbocycles. The highest BCUT2D eigenvalue weighted by molar-refractivity contribution is 6.41. The summed E-state index contributed by atoms with van der Waals surface area (Å²) in [5.74, 6) is -0.00476. The summed E-state index contributed by atoms with van der Waals surface area (Å²) in [7, 11) is 0. The number of nitrogens with one attached hydrogen (secondary N) is 1. The molecule has 0 aliphatic carbocycles. The molecule has 0 bridgehead atoms. The van der Waals surface area contributed by atoms with Crippen molar-refractivity contribution in [2.24, 2.45) is 0 Å². The molecule has 1 aliphatic heterocycles. The summed E-state index contributed by atoms with van der Waals surface area (Å²) < 4.78 is 0. The first-order valence-electron chi connectivity index (χ1n) is 6.64. The topological polar surface area (TPSA) is 56.4 Å². The maximum atomic E-state index is 12.3. The molecule has 2 rings (SSSR count). The average Bonchev–Trinajstić information content (AvgIpc) is 2.67. The van der Waals surface area contributed by atoms with Gasteiger partial charge in [-0.2, -0.15) is 0 Å². The number of halogens is 2. The first kappa shape index (κ1) is 15.2. The number of H-pyrrole nitrogens is 1. The van der Waals surface area contributed by atoms with E-state index in [1.807, 2.05) is 11.8 Å². The Balaban J connectivity index is 2.03. The fourth-order valence-corrected chi connectivity index (χ4v) is 2.60. The Hall–Kier alpha value is -1.20. The van der Waals surface area contributed by atoms with Crippen LogP contribution in [0.15, 0.2) is 6.07 Å². The Morgan fingerprint density at radius 1 is 1.20 bits per heavy atom. The van der Waals surface area contributed by atoms with Gasteiger partial charge in [-0.05, 0) is 12.5 Å². The third-order valence-corrected chi connectivity index (χ3v) is 4.09. The van der Waals surface area contributed by atoms with Gasteiger partial charge in [0.25, 0.3) is 5.91 Å². The Morgan fingerprint density at radius 3 is 2.45 bits per heavy atom. The van der Waals surface area contributed by atoms with Crippen molar-refractivity contribution in [2.75, 3.05) is 26.2 Å². The van der Waals surface area contributed by atoms with Gasteiger partial charge in [-0.25, -0.2) is 0 Å². The van der Waals surface area contributed by atoms with E-state index in [0.29, 0.717) is 43.3 Å². The molecular weight excluding hydrogens is 301 g/mol. The van der Waals surface area contributed by atoms with E-state index in [4.69, 9.17) is 23.2 Å². The quantitative estimate of drug-likeness (QED) is 0.910. The zero-order valence-corrected chi connectivity index (χ0v) is 12.8. The van der Waals surface area contributed by atoms with E-state index in [-0.39, 0.29) is 17.0 Å². The monoisotopic (exact) mass is 317 g/mol. The molecule has 0 unspecified atom stereocenters. The normalized spacial score (nSPS) is 16.1. The fraction of sp³-hybridized carbons (Fsp3) is 0.538. The van der Waals surface area contributed by atoms with Gasteiger partial charge >= 0.3 is 0 Å². The minimum atomic E-state index is -0.135. The SMILES string of the molecule is CCC(=O)N1CCCN(C(=O)c2cc(Cl)c(Cl)[nH]2)CC1. The number of aromatic nitrogens is 1. The number of nitrogens with zero attached hydrogens (tertiary/aromatic N) is 2. The van der Waals surface area contributed by atoms with Gasteiger partial charge < -0.3 is 14.8 Å². The lowest BCUT2D eigenvalue weighted by atomic mass is 10.3. The van der Waals surface area contributed by atoms with Gasteiger partial charge in [-0.15, -0.1) is 0 Å². The second kappa shape index (κ2) is 6.50. The Morgan fingerprint density at radius 2 is 1.85 bits per heavy atom. The third-order valence-electron chi connectivity index (χ3n) is 3.39. The molecule has 0 spiro atoms. The van der Waals surface area contributed by atoms with E-state index in [1.54, 1.807) is 4.90 Å². The Bertz CT molecular complexity index is 496. The molecule has 2 heterocycles. The highest BCUT2D eigenvalue weighted by Crippen LogP contribution is 2.23. The molecule has 7 heteroatoms. The van der Waals surface area contributed by atoms with Gasteiger partial charge in [0.2, 0.25) is 5.91 Å². The lowest BCUT2D eigenvalue weighted by Gasteiger charge is -2.21. The summed E-state index contributed by atoms with van der Waals surface area (Å²) in [5, 5.41) is 0.611. The average molecular weight is 318 g/mol.